The topological polar surface area (TPSA) is 38.3 Å². The van der Waals surface area contributed by atoms with Crippen molar-refractivity contribution in [3.05, 3.63) is 51.1 Å². The summed E-state index contributed by atoms with van der Waals surface area (Å²) in [7, 11) is 0. The van der Waals surface area contributed by atoms with Gasteiger partial charge in [-0.25, -0.2) is 0 Å². The Labute approximate surface area is 118 Å². The molecule has 0 aliphatic heterocycles. The second-order valence-corrected chi connectivity index (χ2v) is 5.46. The van der Waals surface area contributed by atoms with E-state index in [2.05, 4.69) is 21.2 Å². The molecule has 94 valence electrons. The van der Waals surface area contributed by atoms with Crippen LogP contribution in [0.3, 0.4) is 0 Å². The van der Waals surface area contributed by atoms with Crippen LogP contribution in [0.15, 0.2) is 46.3 Å². The first-order valence-electron chi connectivity index (χ1n) is 5.42. The number of rotatable bonds is 5. The molecule has 0 aliphatic rings. The number of benzene rings is 1. The van der Waals surface area contributed by atoms with Crippen LogP contribution in [0.25, 0.3) is 0 Å². The molecular formula is C13H12BrNO2S. The van der Waals surface area contributed by atoms with E-state index in [-0.39, 0.29) is 12.5 Å². The molecule has 3 nitrogen and oxygen atoms in total. The van der Waals surface area contributed by atoms with Crippen molar-refractivity contribution in [2.45, 2.75) is 6.54 Å². The minimum atomic E-state index is -0.126. The van der Waals surface area contributed by atoms with Crippen molar-refractivity contribution in [2.24, 2.45) is 0 Å². The lowest BCUT2D eigenvalue weighted by Crippen LogP contribution is -2.28. The van der Waals surface area contributed by atoms with Gasteiger partial charge in [0, 0.05) is 4.88 Å². The molecule has 1 heterocycles. The predicted molar refractivity (Wildman–Crippen MR) is 75.8 cm³/mol. The molecule has 0 spiro atoms. The number of ether oxygens (including phenoxy) is 1. The Balaban J connectivity index is 1.77. The van der Waals surface area contributed by atoms with Crippen molar-refractivity contribution in [1.29, 1.82) is 0 Å². The molecule has 0 saturated heterocycles. The van der Waals surface area contributed by atoms with E-state index in [4.69, 9.17) is 4.74 Å². The van der Waals surface area contributed by atoms with E-state index in [1.54, 1.807) is 11.3 Å². The molecule has 0 fully saturated rings. The third kappa shape index (κ3) is 3.85. The lowest BCUT2D eigenvalue weighted by atomic mass is 10.3. The van der Waals surface area contributed by atoms with Crippen LogP contribution in [-0.4, -0.2) is 12.5 Å². The second-order valence-electron chi connectivity index (χ2n) is 3.58. The zero-order valence-electron chi connectivity index (χ0n) is 9.56. The minimum Gasteiger partial charge on any atom is -0.483 e. The molecule has 1 aromatic carbocycles. The molecule has 1 aromatic heterocycles. The number of hydrogen-bond acceptors (Lipinski definition) is 3. The SMILES string of the molecule is O=C(COc1ccccc1Br)NCc1cccs1. The maximum absolute atomic E-state index is 11.6. The van der Waals surface area contributed by atoms with Crippen LogP contribution in [0.4, 0.5) is 0 Å². The Bertz CT molecular complexity index is 513. The zero-order valence-corrected chi connectivity index (χ0v) is 12.0. The first-order valence-corrected chi connectivity index (χ1v) is 7.09. The fraction of sp³-hybridized carbons (Fsp3) is 0.154. The maximum Gasteiger partial charge on any atom is 0.258 e. The summed E-state index contributed by atoms with van der Waals surface area (Å²) in [6.45, 7) is 0.573. The monoisotopic (exact) mass is 325 g/mol. The van der Waals surface area contributed by atoms with E-state index in [0.717, 1.165) is 9.35 Å². The summed E-state index contributed by atoms with van der Waals surface area (Å²) >= 11 is 4.98. The van der Waals surface area contributed by atoms with Crippen molar-refractivity contribution in [1.82, 2.24) is 5.32 Å². The Kier molecular flexibility index (Phi) is 4.78. The first-order chi connectivity index (χ1) is 8.75. The average molecular weight is 326 g/mol. The second kappa shape index (κ2) is 6.56. The van der Waals surface area contributed by atoms with E-state index >= 15 is 0 Å². The van der Waals surface area contributed by atoms with E-state index in [9.17, 15) is 4.79 Å². The van der Waals surface area contributed by atoms with Gasteiger partial charge in [0.15, 0.2) is 6.61 Å². The van der Waals surface area contributed by atoms with E-state index < -0.39 is 0 Å². The lowest BCUT2D eigenvalue weighted by Gasteiger charge is -2.08. The first kappa shape index (κ1) is 13.1. The van der Waals surface area contributed by atoms with Crippen molar-refractivity contribution in [3.63, 3.8) is 0 Å². The molecule has 0 bridgehead atoms. The van der Waals surface area contributed by atoms with Crippen LogP contribution in [-0.2, 0) is 11.3 Å². The fourth-order valence-corrected chi connectivity index (χ4v) is 2.40. The molecular weight excluding hydrogens is 314 g/mol. The molecule has 0 saturated carbocycles. The number of halogens is 1. The number of amides is 1. The quantitative estimate of drug-likeness (QED) is 0.916. The van der Waals surface area contributed by atoms with Crippen LogP contribution in [0.2, 0.25) is 0 Å². The van der Waals surface area contributed by atoms with Gasteiger partial charge in [0.1, 0.15) is 5.75 Å². The van der Waals surface area contributed by atoms with E-state index in [1.807, 2.05) is 41.8 Å². The van der Waals surface area contributed by atoms with Gasteiger partial charge in [-0.15, -0.1) is 11.3 Å². The lowest BCUT2D eigenvalue weighted by molar-refractivity contribution is -0.123. The predicted octanol–water partition coefficient (Wildman–Crippen LogP) is 3.21. The van der Waals surface area contributed by atoms with Gasteiger partial charge in [0.05, 0.1) is 11.0 Å². The number of carbonyl (C=O) groups excluding carboxylic acids is 1. The Morgan fingerprint density at radius 3 is 2.83 bits per heavy atom. The third-order valence-electron chi connectivity index (χ3n) is 2.24. The standard InChI is InChI=1S/C13H12BrNO2S/c14-11-5-1-2-6-12(11)17-9-13(16)15-8-10-4-3-7-18-10/h1-7H,8-9H2,(H,15,16). The third-order valence-corrected chi connectivity index (χ3v) is 3.77. The molecule has 18 heavy (non-hydrogen) atoms. The summed E-state index contributed by atoms with van der Waals surface area (Å²) in [5, 5.41) is 4.79. The van der Waals surface area contributed by atoms with Crippen molar-refractivity contribution < 1.29 is 9.53 Å². The number of hydrogen-bond donors (Lipinski definition) is 1. The Hall–Kier alpha value is -1.33. The molecule has 0 atom stereocenters. The summed E-state index contributed by atoms with van der Waals surface area (Å²) in [6.07, 6.45) is 0. The normalized spacial score (nSPS) is 10.1. The van der Waals surface area contributed by atoms with Crippen LogP contribution >= 0.6 is 27.3 Å². The molecule has 2 aromatic rings. The van der Waals surface area contributed by atoms with Gasteiger partial charge in [-0.05, 0) is 39.5 Å². The highest BCUT2D eigenvalue weighted by Gasteiger charge is 2.05. The molecule has 0 aliphatic carbocycles. The number of para-hydroxylation sites is 1. The Morgan fingerprint density at radius 2 is 2.11 bits per heavy atom. The van der Waals surface area contributed by atoms with Gasteiger partial charge in [-0.2, -0.15) is 0 Å². The average Bonchev–Trinajstić information content (AvgIpc) is 2.88. The van der Waals surface area contributed by atoms with Crippen LogP contribution < -0.4 is 10.1 Å². The summed E-state index contributed by atoms with van der Waals surface area (Å²) in [5.41, 5.74) is 0. The highest BCUT2D eigenvalue weighted by atomic mass is 79.9. The summed E-state index contributed by atoms with van der Waals surface area (Å²) < 4.78 is 6.26. The van der Waals surface area contributed by atoms with E-state index in [0.29, 0.717) is 12.3 Å². The number of nitrogens with one attached hydrogen (secondary N) is 1. The van der Waals surface area contributed by atoms with Gasteiger partial charge >= 0.3 is 0 Å². The van der Waals surface area contributed by atoms with Crippen LogP contribution in [0.1, 0.15) is 4.88 Å². The summed E-state index contributed by atoms with van der Waals surface area (Å²) in [4.78, 5) is 12.7. The maximum atomic E-state index is 11.6. The summed E-state index contributed by atoms with van der Waals surface area (Å²) in [6, 6.07) is 11.4. The van der Waals surface area contributed by atoms with Gasteiger partial charge < -0.3 is 10.1 Å². The smallest absolute Gasteiger partial charge is 0.258 e. The van der Waals surface area contributed by atoms with Gasteiger partial charge in [0.25, 0.3) is 5.91 Å². The largest absolute Gasteiger partial charge is 0.483 e. The minimum absolute atomic E-state index is 0.0218. The molecule has 5 heteroatoms. The molecule has 0 radical (unpaired) electrons. The highest BCUT2D eigenvalue weighted by Crippen LogP contribution is 2.23. The van der Waals surface area contributed by atoms with Gasteiger partial charge in [0.2, 0.25) is 0 Å². The molecule has 2 rings (SSSR count). The number of carbonyl (C=O) groups is 1. The number of thiophene rings is 1. The van der Waals surface area contributed by atoms with Crippen LogP contribution in [0.5, 0.6) is 5.75 Å². The van der Waals surface area contributed by atoms with Gasteiger partial charge in [-0.3, -0.25) is 4.79 Å². The summed E-state index contributed by atoms with van der Waals surface area (Å²) in [5.74, 6) is 0.544. The highest BCUT2D eigenvalue weighted by molar-refractivity contribution is 9.10. The molecule has 1 N–H and O–H groups in total. The van der Waals surface area contributed by atoms with Gasteiger partial charge in [-0.1, -0.05) is 18.2 Å². The van der Waals surface area contributed by atoms with Crippen molar-refractivity contribution in [3.8, 4) is 5.75 Å². The van der Waals surface area contributed by atoms with E-state index in [1.165, 1.54) is 0 Å². The molecule has 1 amide bonds. The van der Waals surface area contributed by atoms with Crippen molar-refractivity contribution in [2.75, 3.05) is 6.61 Å². The molecule has 0 unspecified atom stereocenters. The zero-order chi connectivity index (χ0) is 12.8. The van der Waals surface area contributed by atoms with Crippen molar-refractivity contribution >= 4 is 33.2 Å². The Morgan fingerprint density at radius 1 is 1.28 bits per heavy atom. The van der Waals surface area contributed by atoms with Crippen LogP contribution in [0, 0.1) is 0 Å². The fourth-order valence-electron chi connectivity index (χ4n) is 1.35.